The molecule has 1 N–H and O–H groups in total. The summed E-state index contributed by atoms with van der Waals surface area (Å²) in [6.45, 7) is 4.74. The first kappa shape index (κ1) is 22.5. The molecular formula is C30H31NO4S. The van der Waals surface area contributed by atoms with Crippen molar-refractivity contribution in [3.8, 4) is 0 Å². The summed E-state index contributed by atoms with van der Waals surface area (Å²) in [6, 6.07) is 20.8. The molecule has 3 aromatic carbocycles. The van der Waals surface area contributed by atoms with Gasteiger partial charge in [0, 0.05) is 22.6 Å². The Labute approximate surface area is 211 Å². The van der Waals surface area contributed by atoms with Crippen LogP contribution in [-0.4, -0.2) is 29.9 Å². The van der Waals surface area contributed by atoms with Crippen molar-refractivity contribution in [1.82, 2.24) is 3.97 Å². The van der Waals surface area contributed by atoms with E-state index in [1.165, 1.54) is 15.1 Å². The number of rotatable bonds is 2. The molecule has 3 aliphatic rings. The fraction of sp³-hybridized carbons (Fsp3) is 0.400. The van der Waals surface area contributed by atoms with Gasteiger partial charge in [-0.25, -0.2) is 12.4 Å². The molecule has 0 amide bonds. The molecule has 1 saturated carbocycles. The first-order chi connectivity index (χ1) is 17.3. The highest BCUT2D eigenvalue weighted by atomic mass is 32.2. The normalized spacial score (nSPS) is 31.8. The molecular weight excluding hydrogens is 470 g/mol. The quantitative estimate of drug-likeness (QED) is 0.379. The monoisotopic (exact) mass is 501 g/mol. The van der Waals surface area contributed by atoms with E-state index in [9.17, 15) is 13.5 Å². The second-order valence-corrected chi connectivity index (χ2v) is 13.1. The van der Waals surface area contributed by atoms with Crippen LogP contribution in [0.2, 0.25) is 0 Å². The molecule has 2 heterocycles. The molecule has 0 radical (unpaired) electrons. The molecule has 0 bridgehead atoms. The molecule has 2 fully saturated rings. The fourth-order valence-electron chi connectivity index (χ4n) is 7.89. The first-order valence-electron chi connectivity index (χ1n) is 13.0. The van der Waals surface area contributed by atoms with Gasteiger partial charge in [-0.1, -0.05) is 50.2 Å². The number of fused-ring (bicyclic) bond motifs is 4. The third kappa shape index (κ3) is 2.70. The zero-order valence-electron chi connectivity index (χ0n) is 20.6. The summed E-state index contributed by atoms with van der Waals surface area (Å²) in [4.78, 5) is 0.282. The van der Waals surface area contributed by atoms with E-state index in [0.717, 1.165) is 42.0 Å². The molecule has 1 aromatic heterocycles. The average Bonchev–Trinajstić information content (AvgIpc) is 3.40. The highest BCUT2D eigenvalue weighted by Gasteiger charge is 2.65. The average molecular weight is 502 g/mol. The third-order valence-electron chi connectivity index (χ3n) is 9.87. The van der Waals surface area contributed by atoms with Gasteiger partial charge in [0.05, 0.1) is 22.0 Å². The van der Waals surface area contributed by atoms with Crippen molar-refractivity contribution in [3.63, 3.8) is 0 Å². The Morgan fingerprint density at radius 1 is 0.972 bits per heavy atom. The fourth-order valence-corrected chi connectivity index (χ4v) is 9.43. The zero-order chi connectivity index (χ0) is 24.9. The van der Waals surface area contributed by atoms with E-state index in [-0.39, 0.29) is 21.8 Å². The lowest BCUT2D eigenvalue weighted by molar-refractivity contribution is -0.117. The largest absolute Gasteiger partial charge is 0.368 e. The highest BCUT2D eigenvalue weighted by Crippen LogP contribution is 2.65. The van der Waals surface area contributed by atoms with E-state index in [1.54, 1.807) is 24.3 Å². The summed E-state index contributed by atoms with van der Waals surface area (Å²) in [7, 11) is -3.80. The first-order valence-corrected chi connectivity index (χ1v) is 14.4. The maximum Gasteiger partial charge on any atom is 0.268 e. The van der Waals surface area contributed by atoms with E-state index in [0.29, 0.717) is 17.9 Å². The van der Waals surface area contributed by atoms with Crippen LogP contribution in [0.3, 0.4) is 0 Å². The Morgan fingerprint density at radius 2 is 1.72 bits per heavy atom. The van der Waals surface area contributed by atoms with E-state index >= 15 is 0 Å². The summed E-state index contributed by atoms with van der Waals surface area (Å²) in [5.74, 6) is 0.520. The van der Waals surface area contributed by atoms with Gasteiger partial charge in [-0.2, -0.15) is 0 Å². The minimum atomic E-state index is -3.80. The molecule has 6 heteroatoms. The Bertz CT molecular complexity index is 1630. The third-order valence-corrected chi connectivity index (χ3v) is 11.6. The van der Waals surface area contributed by atoms with Gasteiger partial charge >= 0.3 is 0 Å². The maximum absolute atomic E-state index is 13.9. The standard InChI is InChI=1S/C30H31NO4S/c1-19-12-13-27-30(18-28(32)35-27)24-17-23-22-10-6-7-11-25(22)31(36(33,34)21-8-4-3-5-9-21)26(23)16-20(24)14-15-29(19,30)2/h3-11,16-17,19,27-28,32H,12-15,18H2,1-2H3/t19-,27+,28-,29+,30-/m1/s1. The SMILES string of the molecule is C[C@@H]1CC[C@@H]2O[C@@H](O)C[C@@]23c2cc4c5ccccc5n(S(=O)(=O)c5ccccc5)c4cc2CC[C@@]13C. The molecule has 0 unspecified atom stereocenters. The van der Waals surface area contributed by atoms with Gasteiger partial charge in [0.2, 0.25) is 0 Å². The number of aryl methyl sites for hydroxylation is 1. The summed E-state index contributed by atoms with van der Waals surface area (Å²) >= 11 is 0. The number of benzene rings is 3. The number of ether oxygens (including phenoxy) is 1. The summed E-state index contributed by atoms with van der Waals surface area (Å²) in [5.41, 5.74) is 3.59. The number of para-hydroxylation sites is 1. The smallest absolute Gasteiger partial charge is 0.268 e. The van der Waals surface area contributed by atoms with Crippen molar-refractivity contribution in [2.45, 2.75) is 68.7 Å². The van der Waals surface area contributed by atoms with Crippen LogP contribution in [-0.2, 0) is 26.6 Å². The number of nitrogens with zero attached hydrogens (tertiary/aromatic N) is 1. The summed E-state index contributed by atoms with van der Waals surface area (Å²) in [6.07, 6.45) is 3.75. The van der Waals surface area contributed by atoms with E-state index in [1.807, 2.05) is 30.3 Å². The molecule has 186 valence electrons. The molecule has 5 atom stereocenters. The molecule has 1 aliphatic heterocycles. The minimum Gasteiger partial charge on any atom is -0.368 e. The molecule has 2 aliphatic carbocycles. The molecule has 1 saturated heterocycles. The topological polar surface area (TPSA) is 68.5 Å². The molecule has 7 rings (SSSR count). The van der Waals surface area contributed by atoms with Gasteiger partial charge in [0.25, 0.3) is 10.0 Å². The van der Waals surface area contributed by atoms with Crippen LogP contribution in [0.25, 0.3) is 21.8 Å². The number of aromatic nitrogens is 1. The predicted molar refractivity (Wildman–Crippen MR) is 140 cm³/mol. The lowest BCUT2D eigenvalue weighted by Gasteiger charge is -2.59. The van der Waals surface area contributed by atoms with Crippen LogP contribution in [0.1, 0.15) is 50.7 Å². The lowest BCUT2D eigenvalue weighted by atomic mass is 9.44. The van der Waals surface area contributed by atoms with E-state index < -0.39 is 16.3 Å². The number of hydrogen-bond donors (Lipinski definition) is 1. The Morgan fingerprint density at radius 3 is 2.53 bits per heavy atom. The van der Waals surface area contributed by atoms with Gasteiger partial charge < -0.3 is 9.84 Å². The molecule has 1 spiro atoms. The Kier molecular flexibility index (Phi) is 4.65. The summed E-state index contributed by atoms with van der Waals surface area (Å²) < 4.78 is 35.6. The minimum absolute atomic E-state index is 0.0164. The van der Waals surface area contributed by atoms with Crippen molar-refractivity contribution in [2.24, 2.45) is 11.3 Å². The van der Waals surface area contributed by atoms with Crippen LogP contribution in [0.15, 0.2) is 71.6 Å². The van der Waals surface area contributed by atoms with Crippen molar-refractivity contribution in [3.05, 3.63) is 77.9 Å². The van der Waals surface area contributed by atoms with Crippen LogP contribution < -0.4 is 0 Å². The lowest BCUT2D eigenvalue weighted by Crippen LogP contribution is -2.58. The van der Waals surface area contributed by atoms with E-state index in [4.69, 9.17) is 4.74 Å². The molecule has 36 heavy (non-hydrogen) atoms. The summed E-state index contributed by atoms with van der Waals surface area (Å²) in [5, 5.41) is 12.6. The van der Waals surface area contributed by atoms with Gasteiger partial charge in [-0.15, -0.1) is 0 Å². The molecule has 4 aromatic rings. The van der Waals surface area contributed by atoms with Crippen LogP contribution in [0, 0.1) is 11.3 Å². The molecule has 5 nitrogen and oxygen atoms in total. The number of hydrogen-bond acceptors (Lipinski definition) is 4. The maximum atomic E-state index is 13.9. The van der Waals surface area contributed by atoms with Gasteiger partial charge in [-0.3, -0.25) is 0 Å². The zero-order valence-corrected chi connectivity index (χ0v) is 21.5. The van der Waals surface area contributed by atoms with Crippen molar-refractivity contribution in [1.29, 1.82) is 0 Å². The number of aliphatic hydroxyl groups is 1. The second kappa shape index (κ2) is 7.44. The van der Waals surface area contributed by atoms with Gasteiger partial charge in [0.15, 0.2) is 6.29 Å². The van der Waals surface area contributed by atoms with E-state index in [2.05, 4.69) is 26.0 Å². The Balaban J connectivity index is 1.56. The second-order valence-electron chi connectivity index (χ2n) is 11.3. The van der Waals surface area contributed by atoms with Crippen LogP contribution in [0.4, 0.5) is 0 Å². The van der Waals surface area contributed by atoms with Gasteiger partial charge in [-0.05, 0) is 78.5 Å². The van der Waals surface area contributed by atoms with Crippen molar-refractivity contribution < 1.29 is 18.3 Å². The van der Waals surface area contributed by atoms with Crippen LogP contribution >= 0.6 is 0 Å². The number of aliphatic hydroxyl groups excluding tert-OH is 1. The van der Waals surface area contributed by atoms with Gasteiger partial charge in [0.1, 0.15) is 0 Å². The van der Waals surface area contributed by atoms with Crippen molar-refractivity contribution >= 4 is 31.8 Å². The van der Waals surface area contributed by atoms with Crippen molar-refractivity contribution in [2.75, 3.05) is 0 Å². The Hall–Kier alpha value is -2.67. The predicted octanol–water partition coefficient (Wildman–Crippen LogP) is 5.76. The van der Waals surface area contributed by atoms with Crippen LogP contribution in [0.5, 0.6) is 0 Å². The highest BCUT2D eigenvalue weighted by molar-refractivity contribution is 7.90.